The highest BCUT2D eigenvalue weighted by atomic mass is 19.1. The Labute approximate surface area is 190 Å². The van der Waals surface area contributed by atoms with Crippen molar-refractivity contribution < 1.29 is 18.4 Å². The predicted octanol–water partition coefficient (Wildman–Crippen LogP) is 3.52. The minimum Gasteiger partial charge on any atom is -0.373 e. The van der Waals surface area contributed by atoms with E-state index in [1.165, 1.54) is 7.05 Å². The topological polar surface area (TPSA) is 86.2 Å². The summed E-state index contributed by atoms with van der Waals surface area (Å²) < 4.78 is 29.6. The van der Waals surface area contributed by atoms with E-state index in [0.29, 0.717) is 48.5 Å². The maximum Gasteiger partial charge on any atom is 0.248 e. The molecule has 2 N–H and O–H groups in total. The number of benzene rings is 1. The first-order valence-corrected chi connectivity index (χ1v) is 10.7. The van der Waals surface area contributed by atoms with Crippen molar-refractivity contribution in [3.05, 3.63) is 64.8 Å². The van der Waals surface area contributed by atoms with Crippen molar-refractivity contribution in [3.8, 4) is 0 Å². The number of hydrogen-bond acceptors (Lipinski definition) is 6. The van der Waals surface area contributed by atoms with Crippen molar-refractivity contribution >= 4 is 34.9 Å². The van der Waals surface area contributed by atoms with E-state index in [2.05, 4.69) is 20.6 Å². The molecule has 1 aromatic carbocycles. The van der Waals surface area contributed by atoms with Crippen LogP contribution in [0.15, 0.2) is 63.4 Å². The van der Waals surface area contributed by atoms with Crippen molar-refractivity contribution in [2.75, 3.05) is 18.9 Å². The van der Waals surface area contributed by atoms with Crippen LogP contribution in [0.2, 0.25) is 0 Å². The molecule has 0 saturated carbocycles. The number of aliphatic imine (C=N–C) groups is 2. The van der Waals surface area contributed by atoms with Crippen molar-refractivity contribution in [2.45, 2.75) is 32.4 Å². The molecule has 0 aliphatic carbocycles. The molecule has 0 radical (unpaired) electrons. The SMILES string of the molecule is CCC1=Nc2ccc(CN3C=CC(=C4C=CC(C(=O)NC)N=C4F)CC3)c(F)c2NC1=C=O. The molecule has 0 aromatic heterocycles. The molecule has 1 aromatic rings. The quantitative estimate of drug-likeness (QED) is 0.686. The number of dihydropyridines is 1. The van der Waals surface area contributed by atoms with E-state index in [1.54, 1.807) is 42.5 Å². The first kappa shape index (κ1) is 22.4. The molecule has 0 fully saturated rings. The monoisotopic (exact) mass is 451 g/mol. The minimum absolute atomic E-state index is 0.151. The highest BCUT2D eigenvalue weighted by Gasteiger charge is 2.24. The van der Waals surface area contributed by atoms with E-state index >= 15 is 4.39 Å². The number of hydrogen-bond donors (Lipinski definition) is 2. The maximum absolute atomic E-state index is 15.2. The summed E-state index contributed by atoms with van der Waals surface area (Å²) in [6.45, 7) is 2.72. The number of rotatable bonds is 4. The van der Waals surface area contributed by atoms with Gasteiger partial charge in [0.25, 0.3) is 0 Å². The zero-order valence-electron chi connectivity index (χ0n) is 18.3. The van der Waals surface area contributed by atoms with Crippen molar-refractivity contribution in [1.82, 2.24) is 10.2 Å². The van der Waals surface area contributed by atoms with E-state index in [1.807, 2.05) is 11.8 Å². The molecule has 9 heteroatoms. The Hall–Kier alpha value is -3.84. The Balaban J connectivity index is 1.51. The van der Waals surface area contributed by atoms with Gasteiger partial charge in [-0.2, -0.15) is 4.39 Å². The summed E-state index contributed by atoms with van der Waals surface area (Å²) in [4.78, 5) is 33.0. The van der Waals surface area contributed by atoms with Crippen LogP contribution in [0.4, 0.5) is 20.2 Å². The van der Waals surface area contributed by atoms with E-state index in [9.17, 15) is 14.0 Å². The van der Waals surface area contributed by atoms with Crippen LogP contribution in [0, 0.1) is 5.82 Å². The molecular weight excluding hydrogens is 428 g/mol. The lowest BCUT2D eigenvalue weighted by atomic mass is 9.99. The van der Waals surface area contributed by atoms with Gasteiger partial charge >= 0.3 is 0 Å². The lowest BCUT2D eigenvalue weighted by Crippen LogP contribution is -2.31. The average molecular weight is 451 g/mol. The van der Waals surface area contributed by atoms with Gasteiger partial charge in [0.05, 0.1) is 11.4 Å². The van der Waals surface area contributed by atoms with E-state index in [-0.39, 0.29) is 17.3 Å². The molecule has 1 atom stereocenters. The molecule has 1 unspecified atom stereocenters. The minimum atomic E-state index is -0.865. The Morgan fingerprint density at radius 3 is 2.79 bits per heavy atom. The second-order valence-corrected chi connectivity index (χ2v) is 7.76. The van der Waals surface area contributed by atoms with Crippen LogP contribution in [0.25, 0.3) is 0 Å². The van der Waals surface area contributed by atoms with Gasteiger partial charge in [0.2, 0.25) is 11.9 Å². The summed E-state index contributed by atoms with van der Waals surface area (Å²) in [5.74, 6) is 0.282. The van der Waals surface area contributed by atoms with Crippen LogP contribution in [0.1, 0.15) is 25.3 Å². The summed E-state index contributed by atoms with van der Waals surface area (Å²) in [5.41, 5.74) is 2.87. The number of carbonyl (C=O) groups excluding carboxylic acids is 2. The number of halogens is 2. The van der Waals surface area contributed by atoms with Crippen LogP contribution >= 0.6 is 0 Å². The van der Waals surface area contributed by atoms with Crippen molar-refractivity contribution in [3.63, 3.8) is 0 Å². The van der Waals surface area contributed by atoms with Crippen LogP contribution in [0.3, 0.4) is 0 Å². The third-order valence-electron chi connectivity index (χ3n) is 5.74. The summed E-state index contributed by atoms with van der Waals surface area (Å²) in [6, 6.07) is 2.54. The van der Waals surface area contributed by atoms with Crippen LogP contribution in [0.5, 0.6) is 0 Å². The van der Waals surface area contributed by atoms with Gasteiger partial charge in [-0.3, -0.25) is 4.79 Å². The van der Waals surface area contributed by atoms with Crippen LogP contribution in [-0.2, 0) is 16.1 Å². The number of carbonyl (C=O) groups is 1. The third-order valence-corrected chi connectivity index (χ3v) is 5.74. The highest BCUT2D eigenvalue weighted by molar-refractivity contribution is 6.12. The van der Waals surface area contributed by atoms with Crippen molar-refractivity contribution in [1.29, 1.82) is 0 Å². The van der Waals surface area contributed by atoms with Crippen LogP contribution in [-0.4, -0.2) is 48.1 Å². The molecule has 170 valence electrons. The van der Waals surface area contributed by atoms with Gasteiger partial charge in [0.15, 0.2) is 11.8 Å². The van der Waals surface area contributed by atoms with Gasteiger partial charge in [-0.1, -0.05) is 19.1 Å². The Morgan fingerprint density at radius 1 is 1.33 bits per heavy atom. The Morgan fingerprint density at radius 2 is 2.15 bits per heavy atom. The Kier molecular flexibility index (Phi) is 6.33. The van der Waals surface area contributed by atoms with Gasteiger partial charge in [0.1, 0.15) is 17.4 Å². The molecular formula is C24H23F2N5O2. The second kappa shape index (κ2) is 9.34. The lowest BCUT2D eigenvalue weighted by Gasteiger charge is -2.27. The summed E-state index contributed by atoms with van der Waals surface area (Å²) in [7, 11) is 1.48. The number of nitrogens with one attached hydrogen (secondary N) is 2. The third kappa shape index (κ3) is 4.40. The summed E-state index contributed by atoms with van der Waals surface area (Å²) in [5, 5.41) is 5.27. The number of anilines is 1. The van der Waals surface area contributed by atoms with Gasteiger partial charge in [0, 0.05) is 31.3 Å². The molecule has 7 nitrogen and oxygen atoms in total. The summed E-state index contributed by atoms with van der Waals surface area (Å²) >= 11 is 0. The lowest BCUT2D eigenvalue weighted by molar-refractivity contribution is -0.120. The fourth-order valence-electron chi connectivity index (χ4n) is 3.90. The molecule has 3 heterocycles. The van der Waals surface area contributed by atoms with Gasteiger partial charge in [-0.15, -0.1) is 0 Å². The van der Waals surface area contributed by atoms with Gasteiger partial charge < -0.3 is 15.5 Å². The fourth-order valence-corrected chi connectivity index (χ4v) is 3.90. The molecule has 1 amide bonds. The van der Waals surface area contributed by atoms with Gasteiger partial charge in [-0.25, -0.2) is 19.2 Å². The smallest absolute Gasteiger partial charge is 0.248 e. The molecule has 33 heavy (non-hydrogen) atoms. The number of fused-ring (bicyclic) bond motifs is 1. The van der Waals surface area contributed by atoms with E-state index in [0.717, 1.165) is 5.57 Å². The first-order chi connectivity index (χ1) is 15.9. The fraction of sp³-hybridized carbons (Fsp3) is 0.292. The number of allylic oxidation sites excluding steroid dienone is 4. The van der Waals surface area contributed by atoms with Crippen molar-refractivity contribution in [2.24, 2.45) is 9.98 Å². The number of likely N-dealkylation sites (N-methyl/N-ethyl adjacent to an activating group) is 1. The highest BCUT2D eigenvalue weighted by Crippen LogP contribution is 2.36. The van der Waals surface area contributed by atoms with E-state index in [4.69, 9.17) is 0 Å². The van der Waals surface area contributed by atoms with Gasteiger partial charge in [-0.05, 0) is 42.8 Å². The number of nitrogens with zero attached hydrogens (tertiary/aromatic N) is 3. The molecule has 0 bridgehead atoms. The zero-order valence-corrected chi connectivity index (χ0v) is 18.3. The molecule has 4 rings (SSSR count). The molecule has 0 spiro atoms. The molecule has 3 aliphatic rings. The Bertz CT molecular complexity index is 1210. The second-order valence-electron chi connectivity index (χ2n) is 7.76. The zero-order chi connectivity index (χ0) is 23.5. The number of amides is 1. The molecule has 3 aliphatic heterocycles. The first-order valence-electron chi connectivity index (χ1n) is 10.7. The standard InChI is InChI=1S/C24H23F2N5O2/c1-3-17-20(13-32)29-22-18(28-17)6-4-15(21(22)25)12-31-10-8-14(9-11-31)16-5-7-19(24(33)27-2)30-23(16)26/h4-8,10,19,29H,3,9,11-12H2,1-2H3,(H,27,33). The largest absolute Gasteiger partial charge is 0.373 e. The molecule has 0 saturated heterocycles. The average Bonchev–Trinajstić information content (AvgIpc) is 2.85. The predicted molar refractivity (Wildman–Crippen MR) is 123 cm³/mol. The normalized spacial score (nSPS) is 21.6. The maximum atomic E-state index is 15.2. The summed E-state index contributed by atoms with van der Waals surface area (Å²) in [6.07, 6.45) is 7.77. The van der Waals surface area contributed by atoms with E-state index < -0.39 is 17.8 Å². The van der Waals surface area contributed by atoms with Crippen LogP contribution < -0.4 is 10.6 Å².